The van der Waals surface area contributed by atoms with Crippen LogP contribution in [0.15, 0.2) is 5.16 Å². The van der Waals surface area contributed by atoms with Gasteiger partial charge in [0.2, 0.25) is 5.91 Å². The second-order valence-corrected chi connectivity index (χ2v) is 6.61. The van der Waals surface area contributed by atoms with Gasteiger partial charge >= 0.3 is 0 Å². The summed E-state index contributed by atoms with van der Waals surface area (Å²) in [5, 5.41) is 12.1. The number of rotatable bonds is 3. The SMILES string of the molecule is CSC1(C(N)=NO)CCN(C(=O)C2CCCOC2)CC1. The Hall–Kier alpha value is -0.950. The number of nitrogens with zero attached hydrogens (tertiary/aromatic N) is 2. The largest absolute Gasteiger partial charge is 0.409 e. The van der Waals surface area contributed by atoms with Crippen molar-refractivity contribution in [3.8, 4) is 0 Å². The van der Waals surface area contributed by atoms with Crippen molar-refractivity contribution in [3.05, 3.63) is 0 Å². The van der Waals surface area contributed by atoms with Gasteiger partial charge in [-0.25, -0.2) is 0 Å². The van der Waals surface area contributed by atoms with Gasteiger partial charge < -0.3 is 20.6 Å². The topological polar surface area (TPSA) is 88.2 Å². The Bertz CT molecular complexity index is 375. The van der Waals surface area contributed by atoms with E-state index in [0.717, 1.165) is 32.3 Å². The molecule has 0 saturated carbocycles. The summed E-state index contributed by atoms with van der Waals surface area (Å²) in [4.78, 5) is 14.3. The van der Waals surface area contributed by atoms with E-state index in [9.17, 15) is 4.79 Å². The molecule has 20 heavy (non-hydrogen) atoms. The van der Waals surface area contributed by atoms with Crippen molar-refractivity contribution in [2.45, 2.75) is 30.4 Å². The number of ether oxygens (including phenoxy) is 1. The van der Waals surface area contributed by atoms with Crippen LogP contribution < -0.4 is 5.73 Å². The molecule has 1 unspecified atom stereocenters. The zero-order valence-electron chi connectivity index (χ0n) is 11.9. The Morgan fingerprint density at radius 3 is 2.70 bits per heavy atom. The Balaban J connectivity index is 1.94. The van der Waals surface area contributed by atoms with Crippen LogP contribution in [0.2, 0.25) is 0 Å². The number of carbonyl (C=O) groups is 1. The Labute approximate surface area is 123 Å². The number of oxime groups is 1. The lowest BCUT2D eigenvalue weighted by Gasteiger charge is -2.41. The summed E-state index contributed by atoms with van der Waals surface area (Å²) in [7, 11) is 0. The molecule has 0 aromatic rings. The van der Waals surface area contributed by atoms with Crippen LogP contribution in [-0.4, -0.2) is 59.2 Å². The van der Waals surface area contributed by atoms with Gasteiger partial charge in [-0.3, -0.25) is 4.79 Å². The van der Waals surface area contributed by atoms with Crippen molar-refractivity contribution >= 4 is 23.5 Å². The van der Waals surface area contributed by atoms with E-state index in [1.807, 2.05) is 11.2 Å². The molecule has 0 aliphatic carbocycles. The average Bonchev–Trinajstić information content (AvgIpc) is 2.54. The van der Waals surface area contributed by atoms with Crippen LogP contribution in [0.3, 0.4) is 0 Å². The molecule has 6 nitrogen and oxygen atoms in total. The first-order chi connectivity index (χ1) is 9.63. The van der Waals surface area contributed by atoms with E-state index in [4.69, 9.17) is 15.7 Å². The van der Waals surface area contributed by atoms with Crippen molar-refractivity contribution < 1.29 is 14.7 Å². The fourth-order valence-corrected chi connectivity index (χ4v) is 3.78. The Kier molecular flexibility index (Phi) is 5.15. The molecule has 114 valence electrons. The van der Waals surface area contributed by atoms with E-state index in [1.54, 1.807) is 11.8 Å². The maximum Gasteiger partial charge on any atom is 0.228 e. The number of hydrogen-bond donors (Lipinski definition) is 2. The van der Waals surface area contributed by atoms with Gasteiger partial charge in [0.25, 0.3) is 0 Å². The molecule has 1 amide bonds. The van der Waals surface area contributed by atoms with Crippen molar-refractivity contribution in [1.82, 2.24) is 4.90 Å². The van der Waals surface area contributed by atoms with Crippen LogP contribution in [-0.2, 0) is 9.53 Å². The standard InChI is InChI=1S/C13H23N3O3S/c1-20-13(12(14)15-18)4-6-16(7-5-13)11(17)10-3-2-8-19-9-10/h10,18H,2-9H2,1H3,(H2,14,15). The molecule has 0 aromatic heterocycles. The highest BCUT2D eigenvalue weighted by atomic mass is 32.2. The van der Waals surface area contributed by atoms with Crippen LogP contribution in [0.1, 0.15) is 25.7 Å². The lowest BCUT2D eigenvalue weighted by Crippen LogP contribution is -2.53. The molecular formula is C13H23N3O3S. The Morgan fingerprint density at radius 2 is 2.20 bits per heavy atom. The predicted molar refractivity (Wildman–Crippen MR) is 79.0 cm³/mol. The first kappa shape index (κ1) is 15.4. The van der Waals surface area contributed by atoms with E-state index in [0.29, 0.717) is 19.7 Å². The molecule has 2 aliphatic heterocycles. The van der Waals surface area contributed by atoms with Gasteiger partial charge in [-0.05, 0) is 31.9 Å². The smallest absolute Gasteiger partial charge is 0.228 e. The highest BCUT2D eigenvalue weighted by Crippen LogP contribution is 2.35. The van der Waals surface area contributed by atoms with Crippen molar-refractivity contribution in [3.63, 3.8) is 0 Å². The zero-order chi connectivity index (χ0) is 14.6. The lowest BCUT2D eigenvalue weighted by molar-refractivity contribution is -0.140. The van der Waals surface area contributed by atoms with Crippen molar-refractivity contribution in [2.75, 3.05) is 32.6 Å². The highest BCUT2D eigenvalue weighted by molar-refractivity contribution is 8.00. The molecule has 0 radical (unpaired) electrons. The number of amidine groups is 1. The summed E-state index contributed by atoms with van der Waals surface area (Å²) < 4.78 is 5.05. The number of likely N-dealkylation sites (tertiary alicyclic amines) is 1. The molecule has 2 heterocycles. The molecule has 2 saturated heterocycles. The van der Waals surface area contributed by atoms with Gasteiger partial charge in [0.1, 0.15) is 0 Å². The molecule has 2 aliphatic rings. The van der Waals surface area contributed by atoms with Crippen LogP contribution in [0.25, 0.3) is 0 Å². The maximum absolute atomic E-state index is 12.4. The maximum atomic E-state index is 12.4. The predicted octanol–water partition coefficient (Wildman–Crippen LogP) is 0.884. The molecule has 0 bridgehead atoms. The molecule has 0 spiro atoms. The van der Waals surface area contributed by atoms with Gasteiger partial charge in [-0.15, -0.1) is 0 Å². The fourth-order valence-electron chi connectivity index (χ4n) is 2.94. The normalized spacial score (nSPS) is 27.4. The molecule has 2 fully saturated rings. The molecule has 1 atom stereocenters. The van der Waals surface area contributed by atoms with Crippen molar-refractivity contribution in [1.29, 1.82) is 0 Å². The monoisotopic (exact) mass is 301 g/mol. The summed E-state index contributed by atoms with van der Waals surface area (Å²) in [6.07, 6.45) is 5.30. The Morgan fingerprint density at radius 1 is 1.50 bits per heavy atom. The number of thioether (sulfide) groups is 1. The molecule has 7 heteroatoms. The third kappa shape index (κ3) is 3.03. The lowest BCUT2D eigenvalue weighted by atomic mass is 9.92. The van der Waals surface area contributed by atoms with Crippen molar-refractivity contribution in [2.24, 2.45) is 16.8 Å². The van der Waals surface area contributed by atoms with Crippen LogP contribution >= 0.6 is 11.8 Å². The zero-order valence-corrected chi connectivity index (χ0v) is 12.7. The molecule has 2 rings (SSSR count). The second kappa shape index (κ2) is 6.67. The summed E-state index contributed by atoms with van der Waals surface area (Å²) in [5.41, 5.74) is 5.81. The number of carbonyl (C=O) groups excluding carboxylic acids is 1. The second-order valence-electron chi connectivity index (χ2n) is 5.42. The van der Waals surface area contributed by atoms with Crippen LogP contribution in [0, 0.1) is 5.92 Å². The third-order valence-corrected chi connectivity index (χ3v) is 5.76. The quantitative estimate of drug-likeness (QED) is 0.350. The highest BCUT2D eigenvalue weighted by Gasteiger charge is 2.40. The number of hydrogen-bond acceptors (Lipinski definition) is 5. The van der Waals surface area contributed by atoms with Gasteiger partial charge in [0.05, 0.1) is 17.3 Å². The van der Waals surface area contributed by atoms with E-state index >= 15 is 0 Å². The van der Waals surface area contributed by atoms with Crippen LogP contribution in [0.4, 0.5) is 0 Å². The molecule has 0 aromatic carbocycles. The van der Waals surface area contributed by atoms with E-state index in [1.165, 1.54) is 0 Å². The van der Waals surface area contributed by atoms with Gasteiger partial charge in [0, 0.05) is 19.7 Å². The van der Waals surface area contributed by atoms with Gasteiger partial charge in [0.15, 0.2) is 5.84 Å². The number of piperidine rings is 1. The minimum Gasteiger partial charge on any atom is -0.409 e. The third-order valence-electron chi connectivity index (χ3n) is 4.36. The van der Waals surface area contributed by atoms with E-state index in [-0.39, 0.29) is 22.4 Å². The molecular weight excluding hydrogens is 278 g/mol. The average molecular weight is 301 g/mol. The van der Waals surface area contributed by atoms with Crippen LogP contribution in [0.5, 0.6) is 0 Å². The molecule has 3 N–H and O–H groups in total. The van der Waals surface area contributed by atoms with E-state index < -0.39 is 0 Å². The van der Waals surface area contributed by atoms with Gasteiger partial charge in [-0.1, -0.05) is 5.16 Å². The number of amides is 1. The minimum absolute atomic E-state index is 0.00869. The van der Waals surface area contributed by atoms with E-state index in [2.05, 4.69) is 5.16 Å². The summed E-state index contributed by atoms with van der Waals surface area (Å²) in [5.74, 6) is 0.464. The summed E-state index contributed by atoms with van der Waals surface area (Å²) in [6.45, 7) is 2.63. The number of nitrogens with two attached hydrogens (primary N) is 1. The first-order valence-electron chi connectivity index (χ1n) is 7.02. The summed E-state index contributed by atoms with van der Waals surface area (Å²) >= 11 is 1.60. The first-order valence-corrected chi connectivity index (χ1v) is 8.25. The van der Waals surface area contributed by atoms with Gasteiger partial charge in [-0.2, -0.15) is 11.8 Å². The minimum atomic E-state index is -0.339. The fraction of sp³-hybridized carbons (Fsp3) is 0.846. The summed E-state index contributed by atoms with van der Waals surface area (Å²) in [6, 6.07) is 0.